The third-order valence-electron chi connectivity index (χ3n) is 2.72. The molecule has 0 atom stereocenters. The minimum Gasteiger partial charge on any atom is -0.744 e. The lowest BCUT2D eigenvalue weighted by molar-refractivity contribution is 0.463. The van der Waals surface area contributed by atoms with Crippen molar-refractivity contribution in [1.82, 2.24) is 0 Å². The highest BCUT2D eigenvalue weighted by Crippen LogP contribution is 2.24. The van der Waals surface area contributed by atoms with E-state index in [9.17, 15) is 13.0 Å². The number of fused-ring (bicyclic) bond motifs is 2. The Labute approximate surface area is 103 Å². The minimum absolute atomic E-state index is 0.250. The van der Waals surface area contributed by atoms with Gasteiger partial charge < -0.3 is 4.55 Å². The molecule has 1 aromatic heterocycles. The van der Waals surface area contributed by atoms with Crippen LogP contribution in [0.3, 0.4) is 0 Å². The van der Waals surface area contributed by atoms with Gasteiger partial charge in [0, 0.05) is 12.1 Å². The van der Waals surface area contributed by atoms with Crippen molar-refractivity contribution >= 4 is 32.1 Å². The van der Waals surface area contributed by atoms with E-state index < -0.39 is 10.1 Å². The zero-order chi connectivity index (χ0) is 12.8. The average molecular weight is 260 g/mol. The Kier molecular flexibility index (Phi) is 2.33. The molecule has 2 aromatic carbocycles. The highest BCUT2D eigenvalue weighted by molar-refractivity contribution is 7.85. The Bertz CT molecular complexity index is 853. The molecule has 0 bridgehead atoms. The van der Waals surface area contributed by atoms with Crippen molar-refractivity contribution in [3.8, 4) is 0 Å². The van der Waals surface area contributed by atoms with Gasteiger partial charge in [-0.1, -0.05) is 12.1 Å². The molecule has 0 amide bonds. The molecule has 0 unspecified atom stereocenters. The average Bonchev–Trinajstić information content (AvgIpc) is 2.34. The van der Waals surface area contributed by atoms with E-state index in [1.54, 1.807) is 6.07 Å². The molecule has 0 aliphatic heterocycles. The van der Waals surface area contributed by atoms with Crippen LogP contribution in [0.5, 0.6) is 0 Å². The maximum atomic E-state index is 11.0. The second-order valence-electron chi connectivity index (χ2n) is 3.94. The number of rotatable bonds is 1. The second-order valence-corrected chi connectivity index (χ2v) is 5.32. The fraction of sp³-hybridized carbons (Fsp3) is 0. The van der Waals surface area contributed by atoms with Crippen LogP contribution in [0.2, 0.25) is 0 Å². The van der Waals surface area contributed by atoms with Crippen molar-refractivity contribution in [2.24, 2.45) is 0 Å². The molecule has 0 radical (unpaired) electrons. The van der Waals surface area contributed by atoms with Crippen LogP contribution in [0.15, 0.2) is 57.8 Å². The molecule has 1 heterocycles. The topological polar surface area (TPSA) is 68.5 Å². The molecule has 0 fully saturated rings. The Morgan fingerprint density at radius 2 is 1.61 bits per heavy atom. The molecule has 0 aliphatic rings. The standard InChI is InChI=1S/C13H8O4S/c14-18(15,16)11-5-6-13-10(8-11)7-9-3-1-2-4-12(9)17-13/h1-8H. The first-order valence-electron chi connectivity index (χ1n) is 5.26. The molecule has 4 nitrogen and oxygen atoms in total. The van der Waals surface area contributed by atoms with Gasteiger partial charge in [0.2, 0.25) is 0 Å². The van der Waals surface area contributed by atoms with Crippen molar-refractivity contribution in [3.63, 3.8) is 0 Å². The Morgan fingerprint density at radius 3 is 2.39 bits per heavy atom. The Balaban J connectivity index is 2.37. The molecule has 5 heteroatoms. The zero-order valence-electron chi connectivity index (χ0n) is 9.16. The highest BCUT2D eigenvalue weighted by atomic mass is 32.2. The summed E-state index contributed by atoms with van der Waals surface area (Å²) in [5.74, 6) is 0. The van der Waals surface area contributed by atoms with Crippen LogP contribution in [0.25, 0.3) is 21.9 Å². The van der Waals surface area contributed by atoms with Crippen LogP contribution in [0.1, 0.15) is 0 Å². The van der Waals surface area contributed by atoms with Gasteiger partial charge in [-0.25, -0.2) is 12.8 Å². The van der Waals surface area contributed by atoms with Crippen LogP contribution in [-0.4, -0.2) is 13.0 Å². The molecule has 0 spiro atoms. The SMILES string of the molecule is O=S(=O)([O-])c1ccc2[o+]c3ccccc3cc2c1. The van der Waals surface area contributed by atoms with E-state index in [0.717, 1.165) is 5.39 Å². The molecule has 3 aromatic rings. The smallest absolute Gasteiger partial charge is 0.360 e. The molecule has 0 saturated heterocycles. The van der Waals surface area contributed by atoms with E-state index in [4.69, 9.17) is 4.42 Å². The molecule has 3 rings (SSSR count). The van der Waals surface area contributed by atoms with Crippen LogP contribution in [-0.2, 0) is 10.1 Å². The molecule has 0 saturated carbocycles. The summed E-state index contributed by atoms with van der Waals surface area (Å²) in [7, 11) is -4.44. The lowest BCUT2D eigenvalue weighted by Crippen LogP contribution is -1.97. The van der Waals surface area contributed by atoms with Crippen LogP contribution in [0.4, 0.5) is 0 Å². The number of benzene rings is 2. The summed E-state index contributed by atoms with van der Waals surface area (Å²) in [6, 6.07) is 13.3. The van der Waals surface area contributed by atoms with E-state index >= 15 is 0 Å². The van der Waals surface area contributed by atoms with Gasteiger partial charge in [0.25, 0.3) is 0 Å². The molecule has 18 heavy (non-hydrogen) atoms. The normalized spacial score (nSPS) is 12.1. The fourth-order valence-corrected chi connectivity index (χ4v) is 2.37. The summed E-state index contributed by atoms with van der Waals surface area (Å²) in [5.41, 5.74) is 1.25. The second kappa shape index (κ2) is 3.76. The maximum absolute atomic E-state index is 11.0. The van der Waals surface area contributed by atoms with E-state index in [1.165, 1.54) is 18.2 Å². The summed E-state index contributed by atoms with van der Waals surface area (Å²) in [5, 5.41) is 1.44. The van der Waals surface area contributed by atoms with Crippen LogP contribution < -0.4 is 0 Å². The summed E-state index contributed by atoms with van der Waals surface area (Å²) >= 11 is 0. The van der Waals surface area contributed by atoms with Gasteiger partial charge in [-0.15, -0.1) is 0 Å². The molecular formula is C13H8O4S. The third-order valence-corrected chi connectivity index (χ3v) is 3.55. The lowest BCUT2D eigenvalue weighted by Gasteiger charge is -2.05. The molecular weight excluding hydrogens is 252 g/mol. The monoisotopic (exact) mass is 260 g/mol. The Morgan fingerprint density at radius 1 is 0.889 bits per heavy atom. The largest absolute Gasteiger partial charge is 0.744 e. The van der Waals surface area contributed by atoms with Gasteiger partial charge in [0.15, 0.2) is 0 Å². The molecule has 0 N–H and O–H groups in total. The van der Waals surface area contributed by atoms with Gasteiger partial charge in [0.1, 0.15) is 10.1 Å². The van der Waals surface area contributed by atoms with Crippen LogP contribution >= 0.6 is 0 Å². The number of hydrogen-bond acceptors (Lipinski definition) is 3. The quantitative estimate of drug-likeness (QED) is 0.383. The summed E-state index contributed by atoms with van der Waals surface area (Å²) < 4.78 is 38.5. The third kappa shape index (κ3) is 1.83. The first-order chi connectivity index (χ1) is 8.54. The summed E-state index contributed by atoms with van der Waals surface area (Å²) in [6.07, 6.45) is 0. The van der Waals surface area contributed by atoms with E-state index in [1.807, 2.05) is 24.3 Å². The van der Waals surface area contributed by atoms with Crippen LogP contribution in [0, 0.1) is 0 Å². The summed E-state index contributed by atoms with van der Waals surface area (Å²) in [4.78, 5) is -0.250. The minimum atomic E-state index is -4.44. The predicted molar refractivity (Wildman–Crippen MR) is 66.1 cm³/mol. The van der Waals surface area contributed by atoms with Crippen molar-refractivity contribution in [2.75, 3.05) is 0 Å². The van der Waals surface area contributed by atoms with Crippen molar-refractivity contribution < 1.29 is 17.4 Å². The predicted octanol–water partition coefficient (Wildman–Crippen LogP) is 2.77. The number of hydrogen-bond donors (Lipinski definition) is 0. The lowest BCUT2D eigenvalue weighted by atomic mass is 10.1. The van der Waals surface area contributed by atoms with Gasteiger partial charge in [0.05, 0.1) is 15.7 Å². The first kappa shape index (κ1) is 11.1. The van der Waals surface area contributed by atoms with E-state index in [2.05, 4.69) is 0 Å². The number of para-hydroxylation sites is 1. The van der Waals surface area contributed by atoms with E-state index in [0.29, 0.717) is 16.6 Å². The highest BCUT2D eigenvalue weighted by Gasteiger charge is 2.13. The van der Waals surface area contributed by atoms with Crippen molar-refractivity contribution in [3.05, 3.63) is 48.5 Å². The van der Waals surface area contributed by atoms with Crippen molar-refractivity contribution in [1.29, 1.82) is 0 Å². The van der Waals surface area contributed by atoms with Crippen molar-refractivity contribution in [2.45, 2.75) is 4.90 Å². The summed E-state index contributed by atoms with van der Waals surface area (Å²) in [6.45, 7) is 0. The molecule has 0 aliphatic carbocycles. The Hall–Kier alpha value is -1.98. The van der Waals surface area contributed by atoms with Gasteiger partial charge in [-0.3, -0.25) is 0 Å². The fourth-order valence-electron chi connectivity index (χ4n) is 1.87. The van der Waals surface area contributed by atoms with Gasteiger partial charge in [-0.05, 0) is 24.3 Å². The van der Waals surface area contributed by atoms with E-state index in [-0.39, 0.29) is 4.90 Å². The van der Waals surface area contributed by atoms with Gasteiger partial charge >= 0.3 is 11.2 Å². The zero-order valence-corrected chi connectivity index (χ0v) is 9.98. The van der Waals surface area contributed by atoms with Gasteiger partial charge in [-0.2, -0.15) is 0 Å². The molecule has 90 valence electrons. The first-order valence-corrected chi connectivity index (χ1v) is 6.66. The maximum Gasteiger partial charge on any atom is 0.360 e.